The van der Waals surface area contributed by atoms with E-state index in [0.717, 1.165) is 16.5 Å². The Morgan fingerprint density at radius 3 is 3.05 bits per heavy atom. The smallest absolute Gasteiger partial charge is 0.177 e. The lowest BCUT2D eigenvalue weighted by atomic mass is 10.2. The molecule has 2 atom stereocenters. The Balaban J connectivity index is 1.64. The SMILES string of the molecule is N=C1S[C@H]2CS(=O)(=O)C[C@H]2N1/N=C\c1c[nH]c2ccccc12. The van der Waals surface area contributed by atoms with Crippen molar-refractivity contribution in [3.05, 3.63) is 36.0 Å². The highest BCUT2D eigenvalue weighted by atomic mass is 32.2. The van der Waals surface area contributed by atoms with Gasteiger partial charge in [-0.05, 0) is 6.07 Å². The first-order valence-corrected chi connectivity index (χ1v) is 9.58. The van der Waals surface area contributed by atoms with Gasteiger partial charge in [0.05, 0.1) is 23.8 Å². The van der Waals surface area contributed by atoms with Crippen LogP contribution in [0.4, 0.5) is 0 Å². The van der Waals surface area contributed by atoms with E-state index in [0.29, 0.717) is 5.17 Å². The molecule has 6 nitrogen and oxygen atoms in total. The van der Waals surface area contributed by atoms with Gasteiger partial charge in [-0.3, -0.25) is 5.41 Å². The molecule has 2 aromatic rings. The van der Waals surface area contributed by atoms with Gasteiger partial charge in [-0.15, -0.1) is 0 Å². The van der Waals surface area contributed by atoms with Gasteiger partial charge in [-0.1, -0.05) is 30.0 Å². The number of para-hydroxylation sites is 1. The van der Waals surface area contributed by atoms with Crippen molar-refractivity contribution in [3.8, 4) is 0 Å². The van der Waals surface area contributed by atoms with Gasteiger partial charge in [0.1, 0.15) is 0 Å². The highest BCUT2D eigenvalue weighted by Gasteiger charge is 2.48. The summed E-state index contributed by atoms with van der Waals surface area (Å²) >= 11 is 1.30. The molecule has 1 aromatic heterocycles. The first kappa shape index (κ1) is 13.8. The topological polar surface area (TPSA) is 89.4 Å². The summed E-state index contributed by atoms with van der Waals surface area (Å²) < 4.78 is 23.5. The molecule has 0 aliphatic carbocycles. The van der Waals surface area contributed by atoms with E-state index >= 15 is 0 Å². The fourth-order valence-corrected chi connectivity index (χ4v) is 6.66. The summed E-state index contributed by atoms with van der Waals surface area (Å²) in [4.78, 5) is 3.17. The van der Waals surface area contributed by atoms with Crippen molar-refractivity contribution in [1.29, 1.82) is 5.41 Å². The molecule has 2 fully saturated rings. The highest BCUT2D eigenvalue weighted by molar-refractivity contribution is 8.15. The molecule has 0 spiro atoms. The van der Waals surface area contributed by atoms with Gasteiger partial charge in [0.25, 0.3) is 0 Å². The van der Waals surface area contributed by atoms with Crippen molar-refractivity contribution in [1.82, 2.24) is 9.99 Å². The number of fused-ring (bicyclic) bond motifs is 2. The number of benzene rings is 1. The number of H-pyrrole nitrogens is 1. The largest absolute Gasteiger partial charge is 0.361 e. The number of hydrogen-bond donors (Lipinski definition) is 2. The van der Waals surface area contributed by atoms with E-state index in [1.54, 1.807) is 11.2 Å². The predicted molar refractivity (Wildman–Crippen MR) is 89.3 cm³/mol. The number of aromatic nitrogens is 1. The van der Waals surface area contributed by atoms with Crippen LogP contribution in [0.5, 0.6) is 0 Å². The first-order valence-electron chi connectivity index (χ1n) is 6.88. The number of aromatic amines is 1. The maximum absolute atomic E-state index is 11.7. The molecule has 2 saturated heterocycles. The molecule has 4 rings (SSSR count). The second kappa shape index (κ2) is 4.85. The van der Waals surface area contributed by atoms with Gasteiger partial charge in [0, 0.05) is 27.9 Å². The van der Waals surface area contributed by atoms with E-state index in [1.165, 1.54) is 11.8 Å². The number of rotatable bonds is 2. The molecule has 22 heavy (non-hydrogen) atoms. The monoisotopic (exact) mass is 334 g/mol. The second-order valence-corrected chi connectivity index (χ2v) is 8.87. The van der Waals surface area contributed by atoms with Crippen molar-refractivity contribution in [2.45, 2.75) is 11.3 Å². The van der Waals surface area contributed by atoms with Crippen LogP contribution in [-0.4, -0.2) is 52.6 Å². The molecule has 0 bridgehead atoms. The first-order chi connectivity index (χ1) is 10.5. The molecular formula is C14H14N4O2S2. The van der Waals surface area contributed by atoms with Crippen LogP contribution < -0.4 is 0 Å². The third-order valence-electron chi connectivity index (χ3n) is 4.00. The van der Waals surface area contributed by atoms with E-state index in [4.69, 9.17) is 5.41 Å². The Labute approximate surface area is 132 Å². The standard InChI is InChI=1S/C14H14N4O2S2/c15-14-18(12-7-22(19,20)8-13(12)21-14)17-6-9-5-16-11-4-2-1-3-10(9)11/h1-6,12-13,15-16H,7-8H2/b15-14?,17-6-/t12-,13+/m1/s1. The minimum atomic E-state index is -3.01. The number of nitrogens with zero attached hydrogens (tertiary/aromatic N) is 2. The van der Waals surface area contributed by atoms with Crippen LogP contribution in [0.15, 0.2) is 35.6 Å². The molecule has 0 unspecified atom stereocenters. The minimum absolute atomic E-state index is 0.0716. The zero-order valence-electron chi connectivity index (χ0n) is 11.6. The number of thioether (sulfide) groups is 1. The summed E-state index contributed by atoms with van der Waals surface area (Å²) in [7, 11) is -3.01. The number of sulfone groups is 1. The fourth-order valence-electron chi connectivity index (χ4n) is 2.95. The normalized spacial score (nSPS) is 27.1. The molecule has 0 saturated carbocycles. The van der Waals surface area contributed by atoms with Crippen molar-refractivity contribution < 1.29 is 8.42 Å². The molecule has 8 heteroatoms. The van der Waals surface area contributed by atoms with Crippen molar-refractivity contribution >= 4 is 43.9 Å². The van der Waals surface area contributed by atoms with Crippen molar-refractivity contribution in [2.24, 2.45) is 5.10 Å². The summed E-state index contributed by atoms with van der Waals surface area (Å²) in [6, 6.07) is 7.69. The van der Waals surface area contributed by atoms with Crippen LogP contribution in [0, 0.1) is 5.41 Å². The Morgan fingerprint density at radius 2 is 2.18 bits per heavy atom. The van der Waals surface area contributed by atoms with E-state index < -0.39 is 9.84 Å². The van der Waals surface area contributed by atoms with Gasteiger partial charge in [-0.2, -0.15) is 5.10 Å². The Kier molecular flexibility index (Phi) is 3.05. The molecule has 2 aliphatic rings. The molecule has 2 aliphatic heterocycles. The summed E-state index contributed by atoms with van der Waals surface area (Å²) in [5.74, 6) is 0.224. The zero-order valence-corrected chi connectivity index (χ0v) is 13.2. The quantitative estimate of drug-likeness (QED) is 0.817. The third-order valence-corrected chi connectivity index (χ3v) is 7.12. The second-order valence-electron chi connectivity index (χ2n) is 5.48. The van der Waals surface area contributed by atoms with Gasteiger partial charge >= 0.3 is 0 Å². The highest BCUT2D eigenvalue weighted by Crippen LogP contribution is 2.37. The minimum Gasteiger partial charge on any atom is -0.361 e. The van der Waals surface area contributed by atoms with Crippen LogP contribution in [0.1, 0.15) is 5.56 Å². The number of hydrazone groups is 1. The lowest BCUT2D eigenvalue weighted by Crippen LogP contribution is -2.32. The molecular weight excluding hydrogens is 320 g/mol. The third kappa shape index (κ3) is 2.22. The summed E-state index contributed by atoms with van der Waals surface area (Å²) in [5.41, 5.74) is 1.95. The van der Waals surface area contributed by atoms with Crippen LogP contribution in [0.25, 0.3) is 10.9 Å². The van der Waals surface area contributed by atoms with Gasteiger partial charge in [0.2, 0.25) is 0 Å². The number of nitrogens with one attached hydrogen (secondary N) is 2. The Morgan fingerprint density at radius 1 is 1.36 bits per heavy atom. The van der Waals surface area contributed by atoms with Crippen LogP contribution in [0.2, 0.25) is 0 Å². The molecule has 0 amide bonds. The van der Waals surface area contributed by atoms with Crippen molar-refractivity contribution in [2.75, 3.05) is 11.5 Å². The molecule has 3 heterocycles. The number of hydrogen-bond acceptors (Lipinski definition) is 5. The lowest BCUT2D eigenvalue weighted by molar-refractivity contribution is 0.376. The molecule has 2 N–H and O–H groups in total. The van der Waals surface area contributed by atoms with E-state index in [-0.39, 0.29) is 22.8 Å². The van der Waals surface area contributed by atoms with E-state index in [1.807, 2.05) is 30.5 Å². The predicted octanol–water partition coefficient (Wildman–Crippen LogP) is 1.65. The summed E-state index contributed by atoms with van der Waals surface area (Å²) in [6.07, 6.45) is 3.56. The molecule has 0 radical (unpaired) electrons. The van der Waals surface area contributed by atoms with Gasteiger partial charge < -0.3 is 4.98 Å². The fraction of sp³-hybridized carbons (Fsp3) is 0.286. The number of amidine groups is 1. The van der Waals surface area contributed by atoms with Crippen LogP contribution in [-0.2, 0) is 9.84 Å². The summed E-state index contributed by atoms with van der Waals surface area (Å²) in [6.45, 7) is 0. The van der Waals surface area contributed by atoms with Crippen LogP contribution >= 0.6 is 11.8 Å². The maximum Gasteiger partial charge on any atom is 0.177 e. The Hall–Kier alpha value is -1.80. The van der Waals surface area contributed by atoms with E-state index in [2.05, 4.69) is 10.1 Å². The van der Waals surface area contributed by atoms with Crippen LogP contribution in [0.3, 0.4) is 0 Å². The van der Waals surface area contributed by atoms with Gasteiger partial charge in [-0.25, -0.2) is 13.4 Å². The van der Waals surface area contributed by atoms with Crippen molar-refractivity contribution in [3.63, 3.8) is 0 Å². The van der Waals surface area contributed by atoms with E-state index in [9.17, 15) is 8.42 Å². The molecule has 1 aromatic carbocycles. The maximum atomic E-state index is 11.7. The molecule has 114 valence electrons. The average Bonchev–Trinajstić information content (AvgIpc) is 3.08. The zero-order chi connectivity index (χ0) is 15.3. The van der Waals surface area contributed by atoms with Gasteiger partial charge in [0.15, 0.2) is 15.0 Å². The average molecular weight is 334 g/mol. The Bertz CT molecular complexity index is 887. The summed E-state index contributed by atoms with van der Waals surface area (Å²) in [5, 5.41) is 15.2. The lowest BCUT2D eigenvalue weighted by Gasteiger charge is -2.17.